The average molecular weight is 411 g/mol. The summed E-state index contributed by atoms with van der Waals surface area (Å²) in [6.45, 7) is 4.71. The van der Waals surface area contributed by atoms with Gasteiger partial charge < -0.3 is 4.74 Å². The zero-order chi connectivity index (χ0) is 18.6. The van der Waals surface area contributed by atoms with E-state index in [1.54, 1.807) is 4.57 Å². The first kappa shape index (κ1) is 19.8. The van der Waals surface area contributed by atoms with E-state index in [0.29, 0.717) is 12.5 Å². The highest BCUT2D eigenvalue weighted by molar-refractivity contribution is 9.10. The smallest absolute Gasteiger partial charge is 0.328 e. The number of ether oxygens (including phenoxy) is 1. The molecule has 0 amide bonds. The van der Waals surface area contributed by atoms with Crippen LogP contribution in [0.15, 0.2) is 27.5 Å². The third-order valence-corrected chi connectivity index (χ3v) is 5.42. The Morgan fingerprint density at radius 1 is 1.20 bits per heavy atom. The Balaban J connectivity index is 0.00000109. The number of aryl methyl sites for hydroxylation is 1. The fourth-order valence-corrected chi connectivity index (χ4v) is 3.91. The van der Waals surface area contributed by atoms with Crippen LogP contribution in [0.3, 0.4) is 0 Å². The van der Waals surface area contributed by atoms with Crippen molar-refractivity contribution in [1.82, 2.24) is 9.13 Å². The Morgan fingerprint density at radius 2 is 1.84 bits per heavy atom. The highest BCUT2D eigenvalue weighted by atomic mass is 79.9. The molecule has 1 aliphatic carbocycles. The molecule has 138 valence electrons. The summed E-state index contributed by atoms with van der Waals surface area (Å²) in [4.78, 5) is 24.1. The van der Waals surface area contributed by atoms with Crippen LogP contribution in [0.5, 0.6) is 0 Å². The van der Waals surface area contributed by atoms with Gasteiger partial charge in [-0.2, -0.15) is 0 Å². The van der Waals surface area contributed by atoms with Gasteiger partial charge in [-0.1, -0.05) is 29.8 Å². The van der Waals surface area contributed by atoms with E-state index in [-0.39, 0.29) is 17.6 Å². The molecule has 5 nitrogen and oxygen atoms in total. The molecule has 2 aromatic rings. The number of hydrogen-bond acceptors (Lipinski definition) is 3. The van der Waals surface area contributed by atoms with Crippen LogP contribution in [0.25, 0.3) is 11.0 Å². The number of nitrogens with zero attached hydrogens (tertiary/aromatic N) is 2. The fourth-order valence-electron chi connectivity index (χ4n) is 3.57. The molecule has 0 spiro atoms. The minimum absolute atomic E-state index is 0.0215. The maximum absolute atomic E-state index is 12.5. The highest BCUT2D eigenvalue weighted by Gasteiger charge is 2.27. The average Bonchev–Trinajstić information content (AvgIpc) is 2.87. The highest BCUT2D eigenvalue weighted by Crippen LogP contribution is 2.31. The molecule has 0 saturated heterocycles. The number of carbonyl (C=O) groups is 1. The molecule has 0 radical (unpaired) electrons. The zero-order valence-electron chi connectivity index (χ0n) is 15.4. The SMILES string of the molecule is CC.COC(=O)C1CCC(Cn2c(=O)n(C)c3ccc(Br)cc32)CC1. The van der Waals surface area contributed by atoms with Crippen LogP contribution < -0.4 is 5.69 Å². The van der Waals surface area contributed by atoms with E-state index in [2.05, 4.69) is 15.9 Å². The molecule has 25 heavy (non-hydrogen) atoms. The lowest BCUT2D eigenvalue weighted by Gasteiger charge is -2.27. The zero-order valence-corrected chi connectivity index (χ0v) is 17.0. The molecule has 1 aromatic carbocycles. The van der Waals surface area contributed by atoms with Gasteiger partial charge in [0.1, 0.15) is 0 Å². The van der Waals surface area contributed by atoms with Gasteiger partial charge in [0.25, 0.3) is 0 Å². The molecule has 0 bridgehead atoms. The first-order chi connectivity index (χ1) is 12.0. The molecule has 1 aliphatic rings. The van der Waals surface area contributed by atoms with Gasteiger partial charge in [-0.05, 0) is 49.8 Å². The van der Waals surface area contributed by atoms with Gasteiger partial charge in [0.15, 0.2) is 0 Å². The summed E-state index contributed by atoms with van der Waals surface area (Å²) < 4.78 is 9.37. The number of rotatable bonds is 3. The first-order valence-electron chi connectivity index (χ1n) is 8.94. The largest absolute Gasteiger partial charge is 0.469 e. The maximum Gasteiger partial charge on any atom is 0.328 e. The number of aromatic nitrogens is 2. The Kier molecular flexibility index (Phi) is 6.87. The minimum Gasteiger partial charge on any atom is -0.469 e. The third-order valence-electron chi connectivity index (χ3n) is 4.93. The number of hydrogen-bond donors (Lipinski definition) is 0. The van der Waals surface area contributed by atoms with Crippen molar-refractivity contribution in [1.29, 1.82) is 0 Å². The second-order valence-electron chi connectivity index (χ2n) is 6.33. The van der Waals surface area contributed by atoms with Crippen molar-refractivity contribution in [2.45, 2.75) is 46.1 Å². The molecule has 3 rings (SSSR count). The van der Waals surface area contributed by atoms with E-state index in [1.165, 1.54) is 7.11 Å². The predicted octanol–water partition coefficient (Wildman–Crippen LogP) is 4.11. The number of imidazole rings is 1. The summed E-state index contributed by atoms with van der Waals surface area (Å²) >= 11 is 3.48. The summed E-state index contributed by atoms with van der Waals surface area (Å²) in [7, 11) is 3.26. The van der Waals surface area contributed by atoms with Crippen molar-refractivity contribution >= 4 is 32.9 Å². The molecule has 0 aliphatic heterocycles. The molecular weight excluding hydrogens is 384 g/mol. The number of esters is 1. The minimum atomic E-state index is -0.102. The summed E-state index contributed by atoms with van der Waals surface area (Å²) in [6.07, 6.45) is 3.61. The van der Waals surface area contributed by atoms with E-state index in [0.717, 1.165) is 41.2 Å². The number of halogens is 1. The van der Waals surface area contributed by atoms with Crippen molar-refractivity contribution in [3.05, 3.63) is 33.2 Å². The van der Waals surface area contributed by atoms with Crippen molar-refractivity contribution in [3.8, 4) is 0 Å². The molecular formula is C19H27BrN2O3. The molecule has 1 saturated carbocycles. The van der Waals surface area contributed by atoms with Crippen molar-refractivity contribution in [2.24, 2.45) is 18.9 Å². The number of fused-ring (bicyclic) bond motifs is 1. The molecule has 6 heteroatoms. The fraction of sp³-hybridized carbons (Fsp3) is 0.579. The standard InChI is InChI=1S/C17H21BrN2O3.C2H6/c1-19-14-8-7-13(18)9-15(14)20(17(19)22)10-11-3-5-12(6-4-11)16(21)23-2;1-2/h7-9,11-12H,3-6,10H2,1-2H3;1-2H3. The lowest BCUT2D eigenvalue weighted by molar-refractivity contribution is -0.146. The lowest BCUT2D eigenvalue weighted by Crippen LogP contribution is -2.29. The van der Waals surface area contributed by atoms with E-state index >= 15 is 0 Å². The number of benzene rings is 1. The molecule has 1 aromatic heterocycles. The Labute approximate surface area is 157 Å². The molecule has 1 heterocycles. The van der Waals surface area contributed by atoms with Crippen molar-refractivity contribution in [2.75, 3.05) is 7.11 Å². The van der Waals surface area contributed by atoms with Crippen LogP contribution in [-0.2, 0) is 23.1 Å². The van der Waals surface area contributed by atoms with E-state index in [4.69, 9.17) is 4.74 Å². The van der Waals surface area contributed by atoms with E-state index < -0.39 is 0 Å². The van der Waals surface area contributed by atoms with Crippen LogP contribution in [0, 0.1) is 11.8 Å². The predicted molar refractivity (Wildman–Crippen MR) is 104 cm³/mol. The van der Waals surface area contributed by atoms with Crippen LogP contribution in [0.4, 0.5) is 0 Å². The lowest BCUT2D eigenvalue weighted by atomic mass is 9.82. The van der Waals surface area contributed by atoms with Gasteiger partial charge in [0, 0.05) is 18.1 Å². The van der Waals surface area contributed by atoms with Gasteiger partial charge in [0.2, 0.25) is 0 Å². The maximum atomic E-state index is 12.5. The van der Waals surface area contributed by atoms with Crippen LogP contribution >= 0.6 is 15.9 Å². The van der Waals surface area contributed by atoms with E-state index in [9.17, 15) is 9.59 Å². The molecule has 0 atom stereocenters. The van der Waals surface area contributed by atoms with E-state index in [1.807, 2.05) is 43.7 Å². The summed E-state index contributed by atoms with van der Waals surface area (Å²) in [5, 5.41) is 0. The van der Waals surface area contributed by atoms with Gasteiger partial charge >= 0.3 is 11.7 Å². The Hall–Kier alpha value is -1.56. The quantitative estimate of drug-likeness (QED) is 0.715. The number of methoxy groups -OCH3 is 1. The van der Waals surface area contributed by atoms with Crippen LogP contribution in [-0.4, -0.2) is 22.2 Å². The van der Waals surface area contributed by atoms with Crippen molar-refractivity contribution in [3.63, 3.8) is 0 Å². The van der Waals surface area contributed by atoms with Gasteiger partial charge in [-0.3, -0.25) is 13.9 Å². The molecule has 0 unspecified atom stereocenters. The summed E-state index contributed by atoms with van der Waals surface area (Å²) in [5.74, 6) is 0.350. The second kappa shape index (κ2) is 8.70. The Morgan fingerprint density at radius 3 is 2.44 bits per heavy atom. The van der Waals surface area contributed by atoms with Gasteiger partial charge in [-0.25, -0.2) is 4.79 Å². The molecule has 0 N–H and O–H groups in total. The second-order valence-corrected chi connectivity index (χ2v) is 7.24. The van der Waals surface area contributed by atoms with Crippen LogP contribution in [0.1, 0.15) is 39.5 Å². The topological polar surface area (TPSA) is 53.2 Å². The third kappa shape index (κ3) is 4.17. The van der Waals surface area contributed by atoms with Gasteiger partial charge in [-0.15, -0.1) is 0 Å². The normalized spacial score (nSPS) is 20.0. The molecule has 1 fully saturated rings. The number of carbonyl (C=O) groups excluding carboxylic acids is 1. The van der Waals surface area contributed by atoms with Crippen molar-refractivity contribution < 1.29 is 9.53 Å². The monoisotopic (exact) mass is 410 g/mol. The first-order valence-corrected chi connectivity index (χ1v) is 9.73. The Bertz CT molecular complexity index is 786. The van der Waals surface area contributed by atoms with Gasteiger partial charge in [0.05, 0.1) is 24.1 Å². The summed E-state index contributed by atoms with van der Waals surface area (Å²) in [5.41, 5.74) is 1.93. The summed E-state index contributed by atoms with van der Waals surface area (Å²) in [6, 6.07) is 5.91. The van der Waals surface area contributed by atoms with Crippen LogP contribution in [0.2, 0.25) is 0 Å².